The third-order valence-corrected chi connectivity index (χ3v) is 4.24. The fourth-order valence-electron chi connectivity index (χ4n) is 2.58. The zero-order chi connectivity index (χ0) is 17.4. The molecule has 1 amide bonds. The van der Waals surface area contributed by atoms with Gasteiger partial charge in [0, 0.05) is 50.9 Å². The first-order chi connectivity index (χ1) is 11.5. The summed E-state index contributed by atoms with van der Waals surface area (Å²) in [5, 5.41) is 2.87. The lowest BCUT2D eigenvalue weighted by Gasteiger charge is -2.32. The molecule has 1 atom stereocenters. The number of carbonyl (C=O) groups excluding carboxylic acids is 1. The number of likely N-dealkylation sites (N-methyl/N-ethyl adjacent to an activating group) is 1. The Morgan fingerprint density at radius 1 is 1.25 bits per heavy atom. The number of hydrogen-bond donors (Lipinski definition) is 2. The van der Waals surface area contributed by atoms with E-state index in [1.54, 1.807) is 0 Å². The molecule has 6 nitrogen and oxygen atoms in total. The fourth-order valence-corrected chi connectivity index (χ4v) is 2.58. The summed E-state index contributed by atoms with van der Waals surface area (Å²) < 4.78 is 5.79. The molecule has 3 N–H and O–H groups in total. The van der Waals surface area contributed by atoms with Crippen molar-refractivity contribution in [1.82, 2.24) is 9.80 Å². The van der Waals surface area contributed by atoms with Crippen molar-refractivity contribution >= 4 is 11.6 Å². The molecule has 1 heterocycles. The predicted octanol–water partition coefficient (Wildman–Crippen LogP) is 1.38. The number of carbonyl (C=O) groups is 1. The Morgan fingerprint density at radius 2 is 1.92 bits per heavy atom. The quantitative estimate of drug-likeness (QED) is 0.751. The molecule has 1 aromatic carbocycles. The van der Waals surface area contributed by atoms with Crippen LogP contribution in [0.15, 0.2) is 24.3 Å². The molecule has 6 heteroatoms. The lowest BCUT2D eigenvalue weighted by molar-refractivity contribution is -0.116. The Balaban J connectivity index is 1.67. The minimum absolute atomic E-state index is 0.00367. The summed E-state index contributed by atoms with van der Waals surface area (Å²) >= 11 is 0. The summed E-state index contributed by atoms with van der Waals surface area (Å²) in [7, 11) is 2.16. The maximum absolute atomic E-state index is 11.8. The van der Waals surface area contributed by atoms with E-state index >= 15 is 0 Å². The van der Waals surface area contributed by atoms with Crippen molar-refractivity contribution in [1.29, 1.82) is 0 Å². The maximum atomic E-state index is 11.8. The third-order valence-electron chi connectivity index (χ3n) is 4.24. The van der Waals surface area contributed by atoms with Crippen LogP contribution in [0.25, 0.3) is 0 Å². The van der Waals surface area contributed by atoms with Crippen molar-refractivity contribution < 1.29 is 9.53 Å². The van der Waals surface area contributed by atoms with Crippen molar-refractivity contribution in [3.05, 3.63) is 24.3 Å². The molecule has 134 valence electrons. The minimum atomic E-state index is -0.00367. The van der Waals surface area contributed by atoms with Gasteiger partial charge in [0.2, 0.25) is 5.91 Å². The number of ether oxygens (including phenoxy) is 1. The predicted molar refractivity (Wildman–Crippen MR) is 97.4 cm³/mol. The third kappa shape index (κ3) is 6.86. The molecule has 24 heavy (non-hydrogen) atoms. The largest absolute Gasteiger partial charge is 0.492 e. The van der Waals surface area contributed by atoms with Crippen LogP contribution in [0, 0.1) is 0 Å². The maximum Gasteiger partial charge on any atom is 0.224 e. The Morgan fingerprint density at radius 3 is 2.54 bits per heavy atom. The minimum Gasteiger partial charge on any atom is -0.492 e. The zero-order valence-electron chi connectivity index (χ0n) is 14.8. The van der Waals surface area contributed by atoms with E-state index in [2.05, 4.69) is 22.2 Å². The topological polar surface area (TPSA) is 70.8 Å². The molecule has 0 spiro atoms. The molecular weight excluding hydrogens is 304 g/mol. The highest BCUT2D eigenvalue weighted by atomic mass is 16.5. The number of anilines is 1. The number of rotatable bonds is 8. The zero-order valence-corrected chi connectivity index (χ0v) is 14.8. The normalized spacial score (nSPS) is 17.5. The molecular formula is C18H30N4O2. The van der Waals surface area contributed by atoms with E-state index in [9.17, 15) is 4.79 Å². The van der Waals surface area contributed by atoms with Crippen molar-refractivity contribution in [2.75, 3.05) is 51.7 Å². The summed E-state index contributed by atoms with van der Waals surface area (Å²) in [6.07, 6.45) is 1.14. The molecule has 1 aliphatic heterocycles. The van der Waals surface area contributed by atoms with Gasteiger partial charge in [-0.3, -0.25) is 9.69 Å². The van der Waals surface area contributed by atoms with Crippen molar-refractivity contribution in [2.24, 2.45) is 5.73 Å². The molecule has 1 unspecified atom stereocenters. The Kier molecular flexibility index (Phi) is 7.49. The summed E-state index contributed by atoms with van der Waals surface area (Å²) in [4.78, 5) is 16.5. The Bertz CT molecular complexity index is 496. The van der Waals surface area contributed by atoms with Crippen LogP contribution in [0.4, 0.5) is 5.69 Å². The van der Waals surface area contributed by atoms with E-state index in [0.29, 0.717) is 19.4 Å². The molecule has 0 bridgehead atoms. The number of amides is 1. The van der Waals surface area contributed by atoms with Crippen LogP contribution in [-0.2, 0) is 4.79 Å². The summed E-state index contributed by atoms with van der Waals surface area (Å²) in [6, 6.07) is 7.58. The Hall–Kier alpha value is -1.63. The number of nitrogens with one attached hydrogen (secondary N) is 1. The second-order valence-electron chi connectivity index (χ2n) is 6.58. The average Bonchev–Trinajstić information content (AvgIpc) is 2.56. The van der Waals surface area contributed by atoms with Crippen molar-refractivity contribution in [3.8, 4) is 5.75 Å². The van der Waals surface area contributed by atoms with Gasteiger partial charge in [-0.1, -0.05) is 0 Å². The van der Waals surface area contributed by atoms with Gasteiger partial charge in [-0.2, -0.15) is 0 Å². The highest BCUT2D eigenvalue weighted by molar-refractivity contribution is 5.90. The average molecular weight is 334 g/mol. The number of nitrogens with zero attached hydrogens (tertiary/aromatic N) is 2. The first-order valence-corrected chi connectivity index (χ1v) is 8.72. The molecule has 1 fully saturated rings. The number of nitrogens with two attached hydrogens (primary N) is 1. The van der Waals surface area contributed by atoms with Gasteiger partial charge in [0.1, 0.15) is 12.4 Å². The lowest BCUT2D eigenvalue weighted by Crippen LogP contribution is -2.45. The van der Waals surface area contributed by atoms with E-state index < -0.39 is 0 Å². The van der Waals surface area contributed by atoms with Crippen LogP contribution in [-0.4, -0.2) is 68.1 Å². The van der Waals surface area contributed by atoms with Crippen LogP contribution in [0.3, 0.4) is 0 Å². The molecule has 0 aromatic heterocycles. The number of hydrogen-bond acceptors (Lipinski definition) is 5. The molecule has 2 rings (SSSR count). The second-order valence-corrected chi connectivity index (χ2v) is 6.58. The monoisotopic (exact) mass is 334 g/mol. The molecule has 0 aliphatic carbocycles. The highest BCUT2D eigenvalue weighted by Crippen LogP contribution is 2.16. The van der Waals surface area contributed by atoms with Crippen molar-refractivity contribution in [2.45, 2.75) is 25.8 Å². The van der Waals surface area contributed by atoms with Gasteiger partial charge in [0.05, 0.1) is 0 Å². The number of piperazine rings is 1. The van der Waals surface area contributed by atoms with Crippen LogP contribution >= 0.6 is 0 Å². The second kappa shape index (κ2) is 9.61. The summed E-state index contributed by atoms with van der Waals surface area (Å²) in [5.41, 5.74) is 6.45. The van der Waals surface area contributed by atoms with Gasteiger partial charge in [0.25, 0.3) is 0 Å². The van der Waals surface area contributed by atoms with Crippen LogP contribution in [0.1, 0.15) is 19.8 Å². The first-order valence-electron chi connectivity index (χ1n) is 8.72. The van der Waals surface area contributed by atoms with E-state index in [1.807, 2.05) is 31.2 Å². The van der Waals surface area contributed by atoms with Gasteiger partial charge < -0.3 is 20.7 Å². The summed E-state index contributed by atoms with van der Waals surface area (Å²) in [6.45, 7) is 7.99. The van der Waals surface area contributed by atoms with E-state index in [1.165, 1.54) is 0 Å². The van der Waals surface area contributed by atoms with Crippen LogP contribution < -0.4 is 15.8 Å². The molecule has 0 radical (unpaired) electrons. The van der Waals surface area contributed by atoms with Gasteiger partial charge in [0.15, 0.2) is 0 Å². The fraction of sp³-hybridized carbons (Fsp3) is 0.611. The molecule has 1 aliphatic rings. The molecule has 1 aromatic rings. The summed E-state index contributed by atoms with van der Waals surface area (Å²) in [5.74, 6) is 0.828. The molecule has 1 saturated heterocycles. The van der Waals surface area contributed by atoms with Crippen molar-refractivity contribution in [3.63, 3.8) is 0 Å². The smallest absolute Gasteiger partial charge is 0.224 e. The van der Waals surface area contributed by atoms with E-state index in [-0.39, 0.29) is 11.9 Å². The van der Waals surface area contributed by atoms with Crippen LogP contribution in [0.5, 0.6) is 5.75 Å². The van der Waals surface area contributed by atoms with Gasteiger partial charge in [-0.05, 0) is 44.7 Å². The first kappa shape index (κ1) is 18.7. The SMILES string of the molecule is CC(N)CCC(=O)Nc1ccc(OCCN2CCN(C)CC2)cc1. The highest BCUT2D eigenvalue weighted by Gasteiger charge is 2.13. The number of benzene rings is 1. The Labute approximate surface area is 144 Å². The van der Waals surface area contributed by atoms with E-state index in [0.717, 1.165) is 44.2 Å². The molecule has 0 saturated carbocycles. The van der Waals surface area contributed by atoms with Gasteiger partial charge in [-0.15, -0.1) is 0 Å². The standard InChI is InChI=1S/C18H30N4O2/c1-15(19)3-8-18(23)20-16-4-6-17(7-5-16)24-14-13-22-11-9-21(2)10-12-22/h4-7,15H,3,8-14,19H2,1-2H3,(H,20,23). The van der Waals surface area contributed by atoms with E-state index in [4.69, 9.17) is 10.5 Å². The van der Waals surface area contributed by atoms with Gasteiger partial charge in [-0.25, -0.2) is 0 Å². The van der Waals surface area contributed by atoms with Gasteiger partial charge >= 0.3 is 0 Å². The lowest BCUT2D eigenvalue weighted by atomic mass is 10.2. The van der Waals surface area contributed by atoms with Crippen LogP contribution in [0.2, 0.25) is 0 Å².